The van der Waals surface area contributed by atoms with Crippen LogP contribution in [0.5, 0.6) is 0 Å². The summed E-state index contributed by atoms with van der Waals surface area (Å²) in [4.78, 5) is 2.05. The van der Waals surface area contributed by atoms with Crippen molar-refractivity contribution in [1.82, 2.24) is 4.90 Å². The van der Waals surface area contributed by atoms with E-state index in [1.165, 1.54) is 12.1 Å². The minimum atomic E-state index is -0.339. The lowest BCUT2D eigenvalue weighted by atomic mass is 10.0. The van der Waals surface area contributed by atoms with E-state index in [1.807, 2.05) is 7.05 Å². The predicted molar refractivity (Wildman–Crippen MR) is 63.1 cm³/mol. The molecule has 1 fully saturated rings. The number of nitrogens with zero attached hydrogens (tertiary/aromatic N) is 1. The minimum absolute atomic E-state index is 0.0220. The van der Waals surface area contributed by atoms with Gasteiger partial charge in [-0.2, -0.15) is 0 Å². The summed E-state index contributed by atoms with van der Waals surface area (Å²) < 4.78 is 18.1. The van der Waals surface area contributed by atoms with Crippen LogP contribution in [0.2, 0.25) is 0 Å². The van der Waals surface area contributed by atoms with Gasteiger partial charge < -0.3 is 9.84 Å². The van der Waals surface area contributed by atoms with Crippen molar-refractivity contribution in [3.05, 3.63) is 35.6 Å². The first-order chi connectivity index (χ1) is 8.16. The molecule has 1 saturated heterocycles. The van der Waals surface area contributed by atoms with Gasteiger partial charge in [0.2, 0.25) is 0 Å². The molecule has 0 saturated carbocycles. The Bertz CT molecular complexity index is 355. The van der Waals surface area contributed by atoms with Crippen LogP contribution < -0.4 is 0 Å². The molecule has 17 heavy (non-hydrogen) atoms. The summed E-state index contributed by atoms with van der Waals surface area (Å²) in [6.07, 6.45) is 0.340. The molecule has 1 aliphatic rings. The lowest BCUT2D eigenvalue weighted by Crippen LogP contribution is -2.47. The highest BCUT2D eigenvalue weighted by molar-refractivity contribution is 5.16. The van der Waals surface area contributed by atoms with Crippen molar-refractivity contribution in [1.29, 1.82) is 0 Å². The third-order valence-electron chi connectivity index (χ3n) is 3.20. The molecule has 1 aliphatic heterocycles. The first-order valence-corrected chi connectivity index (χ1v) is 5.87. The van der Waals surface area contributed by atoms with Crippen LogP contribution in [0.3, 0.4) is 0 Å². The Balaban J connectivity index is 1.95. The minimum Gasteiger partial charge on any atom is -0.391 e. The van der Waals surface area contributed by atoms with E-state index in [4.69, 9.17) is 4.74 Å². The molecular weight excluding hydrogens is 221 g/mol. The highest BCUT2D eigenvalue weighted by Gasteiger charge is 2.27. The first kappa shape index (κ1) is 12.5. The van der Waals surface area contributed by atoms with Crippen LogP contribution in [0.15, 0.2) is 24.3 Å². The average molecular weight is 239 g/mol. The fraction of sp³-hybridized carbons (Fsp3) is 0.538. The molecule has 1 N–H and O–H groups in total. The number of benzene rings is 1. The molecule has 2 atom stereocenters. The van der Waals surface area contributed by atoms with Gasteiger partial charge >= 0.3 is 0 Å². The molecule has 2 unspecified atom stereocenters. The number of halogens is 1. The predicted octanol–water partition coefficient (Wildman–Crippen LogP) is 1.41. The Morgan fingerprint density at radius 1 is 1.41 bits per heavy atom. The quantitative estimate of drug-likeness (QED) is 0.865. The second kappa shape index (κ2) is 5.58. The van der Waals surface area contributed by atoms with Gasteiger partial charge in [-0.05, 0) is 31.2 Å². The third kappa shape index (κ3) is 3.25. The largest absolute Gasteiger partial charge is 0.391 e. The van der Waals surface area contributed by atoms with Crippen LogP contribution in [0.25, 0.3) is 0 Å². The van der Waals surface area contributed by atoms with Crippen LogP contribution in [-0.2, 0) is 11.3 Å². The van der Waals surface area contributed by atoms with Gasteiger partial charge in [-0.25, -0.2) is 4.39 Å². The number of aliphatic hydroxyl groups excluding tert-OH is 1. The summed E-state index contributed by atoms with van der Waals surface area (Å²) in [5.41, 5.74) is 1.03. The van der Waals surface area contributed by atoms with Gasteiger partial charge in [0.25, 0.3) is 0 Å². The van der Waals surface area contributed by atoms with Gasteiger partial charge in [0, 0.05) is 13.2 Å². The van der Waals surface area contributed by atoms with Crippen LogP contribution >= 0.6 is 0 Å². The maximum atomic E-state index is 12.8. The summed E-state index contributed by atoms with van der Waals surface area (Å²) in [6, 6.07) is 6.46. The lowest BCUT2D eigenvalue weighted by Gasteiger charge is -2.35. The van der Waals surface area contributed by atoms with E-state index in [0.717, 1.165) is 5.56 Å². The van der Waals surface area contributed by atoms with Crippen molar-refractivity contribution in [3.8, 4) is 0 Å². The second-order valence-electron chi connectivity index (χ2n) is 4.54. The molecule has 3 nitrogen and oxygen atoms in total. The van der Waals surface area contributed by atoms with Crippen molar-refractivity contribution in [2.24, 2.45) is 0 Å². The summed E-state index contributed by atoms with van der Waals surface area (Å²) in [5, 5.41) is 9.88. The number of likely N-dealkylation sites (N-methyl/N-ethyl adjacent to an activating group) is 1. The van der Waals surface area contributed by atoms with Crippen LogP contribution in [-0.4, -0.2) is 42.4 Å². The Kier molecular flexibility index (Phi) is 4.10. The molecule has 0 amide bonds. The van der Waals surface area contributed by atoms with Gasteiger partial charge in [-0.1, -0.05) is 12.1 Å². The Morgan fingerprint density at radius 2 is 2.12 bits per heavy atom. The van der Waals surface area contributed by atoms with E-state index < -0.39 is 0 Å². The molecule has 0 aliphatic carbocycles. The van der Waals surface area contributed by atoms with Gasteiger partial charge in [-0.15, -0.1) is 0 Å². The van der Waals surface area contributed by atoms with Crippen molar-refractivity contribution >= 4 is 0 Å². The highest BCUT2D eigenvalue weighted by atomic mass is 19.1. The van der Waals surface area contributed by atoms with Gasteiger partial charge in [0.15, 0.2) is 0 Å². The van der Waals surface area contributed by atoms with E-state index in [2.05, 4.69) is 4.90 Å². The summed E-state index contributed by atoms with van der Waals surface area (Å²) in [7, 11) is 1.95. The molecule has 0 spiro atoms. The smallest absolute Gasteiger partial charge is 0.123 e. The third-order valence-corrected chi connectivity index (χ3v) is 3.20. The molecule has 1 aromatic carbocycles. The number of aliphatic hydroxyl groups is 1. The molecule has 4 heteroatoms. The Hall–Kier alpha value is -0.970. The number of hydrogen-bond acceptors (Lipinski definition) is 3. The number of hydrogen-bond donors (Lipinski definition) is 1. The standard InChI is InChI=1S/C13H18FNO2/c1-15(12-9-17-7-6-13(12)16)8-10-2-4-11(14)5-3-10/h2-5,12-13,16H,6-9H2,1H3. The van der Waals surface area contributed by atoms with E-state index >= 15 is 0 Å². The first-order valence-electron chi connectivity index (χ1n) is 5.87. The molecule has 94 valence electrons. The summed E-state index contributed by atoms with van der Waals surface area (Å²) in [5.74, 6) is -0.225. The number of ether oxygens (including phenoxy) is 1. The fourth-order valence-corrected chi connectivity index (χ4v) is 2.13. The molecule has 1 aromatic rings. The fourth-order valence-electron chi connectivity index (χ4n) is 2.13. The Labute approximate surface area is 101 Å². The zero-order valence-corrected chi connectivity index (χ0v) is 9.97. The van der Waals surface area contributed by atoms with Gasteiger partial charge in [-0.3, -0.25) is 4.90 Å². The molecule has 1 heterocycles. The number of rotatable bonds is 3. The van der Waals surface area contributed by atoms with E-state index in [0.29, 0.717) is 26.2 Å². The molecule has 0 bridgehead atoms. The van der Waals surface area contributed by atoms with Crippen LogP contribution in [0.4, 0.5) is 4.39 Å². The Morgan fingerprint density at radius 3 is 2.76 bits per heavy atom. The molecular formula is C13H18FNO2. The van der Waals surface area contributed by atoms with Gasteiger partial charge in [0.05, 0.1) is 18.8 Å². The maximum Gasteiger partial charge on any atom is 0.123 e. The normalized spacial score (nSPS) is 25.2. The topological polar surface area (TPSA) is 32.7 Å². The van der Waals surface area contributed by atoms with Crippen molar-refractivity contribution in [2.45, 2.75) is 25.1 Å². The van der Waals surface area contributed by atoms with Gasteiger partial charge in [0.1, 0.15) is 5.82 Å². The highest BCUT2D eigenvalue weighted by Crippen LogP contribution is 2.15. The van der Waals surface area contributed by atoms with E-state index in [9.17, 15) is 9.50 Å². The maximum absolute atomic E-state index is 12.8. The van der Waals surface area contributed by atoms with Crippen LogP contribution in [0.1, 0.15) is 12.0 Å². The molecule has 0 radical (unpaired) electrons. The van der Waals surface area contributed by atoms with Crippen molar-refractivity contribution in [2.75, 3.05) is 20.3 Å². The SMILES string of the molecule is CN(Cc1ccc(F)cc1)C1COCCC1O. The molecule has 0 aromatic heterocycles. The lowest BCUT2D eigenvalue weighted by molar-refractivity contribution is -0.0563. The van der Waals surface area contributed by atoms with E-state index in [1.54, 1.807) is 12.1 Å². The monoisotopic (exact) mass is 239 g/mol. The summed E-state index contributed by atoms with van der Waals surface area (Å²) in [6.45, 7) is 1.87. The molecule has 2 rings (SSSR count). The zero-order chi connectivity index (χ0) is 12.3. The van der Waals surface area contributed by atoms with E-state index in [-0.39, 0.29) is 18.0 Å². The second-order valence-corrected chi connectivity index (χ2v) is 4.54. The zero-order valence-electron chi connectivity index (χ0n) is 9.97. The van der Waals surface area contributed by atoms with Crippen molar-refractivity contribution < 1.29 is 14.2 Å². The van der Waals surface area contributed by atoms with Crippen LogP contribution in [0, 0.1) is 5.82 Å². The summed E-state index contributed by atoms with van der Waals surface area (Å²) >= 11 is 0. The van der Waals surface area contributed by atoms with Crippen molar-refractivity contribution in [3.63, 3.8) is 0 Å². The average Bonchev–Trinajstić information content (AvgIpc) is 2.32.